The van der Waals surface area contributed by atoms with Gasteiger partial charge in [0.05, 0.1) is 11.9 Å². The number of carbonyl (C=O) groups excluding carboxylic acids is 1. The molecule has 1 aliphatic heterocycles. The average molecular weight is 373 g/mol. The molecule has 0 aromatic heterocycles. The molecule has 0 bridgehead atoms. The molecule has 1 atom stereocenters. The number of fused-ring (bicyclic) bond motifs is 1. The van der Waals surface area contributed by atoms with Gasteiger partial charge in [-0.15, -0.1) is 0 Å². The predicted molar refractivity (Wildman–Crippen MR) is 105 cm³/mol. The summed E-state index contributed by atoms with van der Waals surface area (Å²) in [5.41, 5.74) is 3.31. The van der Waals surface area contributed by atoms with Gasteiger partial charge < -0.3 is 10.2 Å². The van der Waals surface area contributed by atoms with Crippen molar-refractivity contribution in [3.8, 4) is 0 Å². The molecule has 26 heavy (non-hydrogen) atoms. The highest BCUT2D eigenvalue weighted by atomic mass is 32.2. The highest BCUT2D eigenvalue weighted by Gasteiger charge is 2.26. The molecule has 0 radical (unpaired) electrons. The summed E-state index contributed by atoms with van der Waals surface area (Å²) in [6.45, 7) is 2.52. The van der Waals surface area contributed by atoms with Crippen LogP contribution in [0.3, 0.4) is 0 Å². The van der Waals surface area contributed by atoms with Crippen LogP contribution in [0.25, 0.3) is 0 Å². The molecule has 1 aliphatic rings. The molecule has 0 saturated heterocycles. The van der Waals surface area contributed by atoms with Crippen LogP contribution in [0.5, 0.6) is 0 Å². The van der Waals surface area contributed by atoms with Gasteiger partial charge in [-0.25, -0.2) is 8.42 Å². The Hall–Kier alpha value is -2.54. The van der Waals surface area contributed by atoms with Crippen LogP contribution in [0.15, 0.2) is 48.5 Å². The lowest BCUT2D eigenvalue weighted by Crippen LogP contribution is -2.44. The minimum absolute atomic E-state index is 0.00127. The van der Waals surface area contributed by atoms with Gasteiger partial charge in [0.15, 0.2) is 0 Å². The first-order valence-electron chi connectivity index (χ1n) is 8.57. The smallest absolute Gasteiger partial charge is 0.249 e. The molecule has 1 unspecified atom stereocenters. The lowest BCUT2D eigenvalue weighted by molar-refractivity contribution is -0.119. The Bertz CT molecular complexity index is 912. The second-order valence-corrected chi connectivity index (χ2v) is 8.29. The minimum Gasteiger partial charge on any atom is -0.374 e. The Kier molecular flexibility index (Phi) is 5.18. The third-order valence-corrected chi connectivity index (χ3v) is 4.90. The number of rotatable bonds is 5. The van der Waals surface area contributed by atoms with Crippen molar-refractivity contribution in [1.82, 2.24) is 0 Å². The number of hydrogen-bond donors (Lipinski definition) is 2. The van der Waals surface area contributed by atoms with Crippen molar-refractivity contribution in [2.75, 3.05) is 27.7 Å². The van der Waals surface area contributed by atoms with E-state index >= 15 is 0 Å². The first kappa shape index (κ1) is 18.3. The van der Waals surface area contributed by atoms with E-state index in [-0.39, 0.29) is 5.91 Å². The van der Waals surface area contributed by atoms with E-state index in [0.717, 1.165) is 24.8 Å². The molecule has 0 spiro atoms. The number of carbonyl (C=O) groups is 1. The largest absolute Gasteiger partial charge is 0.374 e. The zero-order chi connectivity index (χ0) is 18.7. The molecule has 2 aromatic carbocycles. The molecular weight excluding hydrogens is 350 g/mol. The van der Waals surface area contributed by atoms with Gasteiger partial charge in [0.25, 0.3) is 0 Å². The Morgan fingerprint density at radius 3 is 2.62 bits per heavy atom. The lowest BCUT2D eigenvalue weighted by atomic mass is 10.0. The number of aryl methyl sites for hydroxylation is 1. The van der Waals surface area contributed by atoms with Gasteiger partial charge >= 0.3 is 0 Å². The van der Waals surface area contributed by atoms with Gasteiger partial charge in [-0.1, -0.05) is 24.3 Å². The van der Waals surface area contributed by atoms with Crippen molar-refractivity contribution in [3.63, 3.8) is 0 Å². The van der Waals surface area contributed by atoms with E-state index in [0.29, 0.717) is 17.9 Å². The fourth-order valence-electron chi connectivity index (χ4n) is 3.19. The van der Waals surface area contributed by atoms with E-state index in [2.05, 4.69) is 16.1 Å². The molecule has 0 saturated carbocycles. The lowest BCUT2D eigenvalue weighted by Gasteiger charge is -2.32. The van der Waals surface area contributed by atoms with Crippen molar-refractivity contribution in [2.24, 2.45) is 0 Å². The standard InChI is InChI=1S/C19H23N3O3S/c1-14(20-16-9-5-10-17(13-16)21-26(2,24)25)19(23)22-12-6-8-15-7-3-4-11-18(15)22/h3-5,7,9-11,13-14,20-21H,6,8,12H2,1-2H3. The fourth-order valence-corrected chi connectivity index (χ4v) is 3.75. The molecule has 2 aromatic rings. The van der Waals surface area contributed by atoms with Crippen LogP contribution in [-0.2, 0) is 21.2 Å². The first-order chi connectivity index (χ1) is 12.3. The highest BCUT2D eigenvalue weighted by Crippen LogP contribution is 2.27. The summed E-state index contributed by atoms with van der Waals surface area (Å²) >= 11 is 0. The van der Waals surface area contributed by atoms with Gasteiger partial charge in [0, 0.05) is 17.9 Å². The van der Waals surface area contributed by atoms with E-state index < -0.39 is 16.1 Å². The average Bonchev–Trinajstić information content (AvgIpc) is 2.59. The number of amides is 1. The predicted octanol–water partition coefficient (Wildman–Crippen LogP) is 2.84. The summed E-state index contributed by atoms with van der Waals surface area (Å²) in [5, 5.41) is 3.17. The number of para-hydroxylation sites is 1. The number of sulfonamides is 1. The van der Waals surface area contributed by atoms with Crippen molar-refractivity contribution in [3.05, 3.63) is 54.1 Å². The minimum atomic E-state index is -3.34. The molecule has 1 heterocycles. The van der Waals surface area contributed by atoms with Gasteiger partial charge in [-0.2, -0.15) is 0 Å². The van der Waals surface area contributed by atoms with Crippen LogP contribution < -0.4 is 14.9 Å². The van der Waals surface area contributed by atoms with E-state index in [4.69, 9.17) is 0 Å². The summed E-state index contributed by atoms with van der Waals surface area (Å²) in [6, 6.07) is 14.4. The van der Waals surface area contributed by atoms with Gasteiger partial charge in [-0.3, -0.25) is 9.52 Å². The van der Waals surface area contributed by atoms with E-state index in [1.165, 1.54) is 5.56 Å². The Morgan fingerprint density at radius 1 is 1.12 bits per heavy atom. The van der Waals surface area contributed by atoms with E-state index in [1.54, 1.807) is 24.3 Å². The van der Waals surface area contributed by atoms with Crippen LogP contribution in [0, 0.1) is 0 Å². The molecule has 6 nitrogen and oxygen atoms in total. The molecule has 138 valence electrons. The Morgan fingerprint density at radius 2 is 1.85 bits per heavy atom. The molecular formula is C19H23N3O3S. The summed E-state index contributed by atoms with van der Waals surface area (Å²) in [5.74, 6) is -0.00127. The van der Waals surface area contributed by atoms with E-state index in [9.17, 15) is 13.2 Å². The first-order valence-corrected chi connectivity index (χ1v) is 10.5. The van der Waals surface area contributed by atoms with Gasteiger partial charge in [0.2, 0.25) is 15.9 Å². The highest BCUT2D eigenvalue weighted by molar-refractivity contribution is 7.92. The Labute approximate surface area is 154 Å². The summed E-state index contributed by atoms with van der Waals surface area (Å²) < 4.78 is 25.2. The van der Waals surface area contributed by atoms with Crippen LogP contribution in [0.1, 0.15) is 18.9 Å². The number of benzene rings is 2. The topological polar surface area (TPSA) is 78.5 Å². The maximum Gasteiger partial charge on any atom is 0.249 e. The molecule has 7 heteroatoms. The van der Waals surface area contributed by atoms with Gasteiger partial charge in [-0.05, 0) is 49.6 Å². The second kappa shape index (κ2) is 7.37. The van der Waals surface area contributed by atoms with Crippen molar-refractivity contribution in [2.45, 2.75) is 25.8 Å². The normalized spacial score (nSPS) is 15.1. The van der Waals surface area contributed by atoms with Crippen LogP contribution >= 0.6 is 0 Å². The summed E-state index contributed by atoms with van der Waals surface area (Å²) in [4.78, 5) is 14.8. The summed E-state index contributed by atoms with van der Waals surface area (Å²) in [7, 11) is -3.34. The fraction of sp³-hybridized carbons (Fsp3) is 0.316. The van der Waals surface area contributed by atoms with Crippen LogP contribution in [-0.4, -0.2) is 33.2 Å². The van der Waals surface area contributed by atoms with Crippen molar-refractivity contribution >= 4 is 33.0 Å². The number of nitrogens with zero attached hydrogens (tertiary/aromatic N) is 1. The monoisotopic (exact) mass is 373 g/mol. The maximum absolute atomic E-state index is 12.9. The van der Waals surface area contributed by atoms with Gasteiger partial charge in [0.1, 0.15) is 6.04 Å². The SMILES string of the molecule is CC(Nc1cccc(NS(C)(=O)=O)c1)C(=O)N1CCCc2ccccc21. The molecule has 3 rings (SSSR count). The Balaban J connectivity index is 1.74. The second-order valence-electron chi connectivity index (χ2n) is 6.54. The van der Waals surface area contributed by atoms with E-state index in [1.807, 2.05) is 30.0 Å². The molecule has 0 aliphatic carbocycles. The zero-order valence-electron chi connectivity index (χ0n) is 14.9. The number of hydrogen-bond acceptors (Lipinski definition) is 4. The van der Waals surface area contributed by atoms with Crippen molar-refractivity contribution < 1.29 is 13.2 Å². The quantitative estimate of drug-likeness (QED) is 0.845. The number of anilines is 3. The molecule has 0 fully saturated rings. The van der Waals surface area contributed by atoms with Crippen LogP contribution in [0.4, 0.5) is 17.1 Å². The summed E-state index contributed by atoms with van der Waals surface area (Å²) in [6.07, 6.45) is 3.04. The zero-order valence-corrected chi connectivity index (χ0v) is 15.7. The number of nitrogens with one attached hydrogen (secondary N) is 2. The van der Waals surface area contributed by atoms with Crippen molar-refractivity contribution in [1.29, 1.82) is 0 Å². The molecule has 2 N–H and O–H groups in total. The maximum atomic E-state index is 12.9. The third kappa shape index (κ3) is 4.35. The third-order valence-electron chi connectivity index (χ3n) is 4.30. The van der Waals surface area contributed by atoms with Crippen LogP contribution in [0.2, 0.25) is 0 Å². The molecule has 1 amide bonds.